The Hall–Kier alpha value is -4.64. The molecule has 2 aromatic carbocycles. The van der Waals surface area contributed by atoms with Gasteiger partial charge in [0.25, 0.3) is 0 Å². The summed E-state index contributed by atoms with van der Waals surface area (Å²) in [5.41, 5.74) is 1.84. The van der Waals surface area contributed by atoms with Crippen molar-refractivity contribution in [3.63, 3.8) is 0 Å². The second kappa shape index (κ2) is 11.2. The molecule has 1 N–H and O–H groups in total. The minimum absolute atomic E-state index is 0.137. The molecule has 194 valence electrons. The molecule has 0 aliphatic carbocycles. The number of aromatic nitrogens is 3. The molecule has 10 nitrogen and oxygen atoms in total. The largest absolute Gasteiger partial charge is 0.493 e. The second-order valence-electron chi connectivity index (χ2n) is 8.25. The summed E-state index contributed by atoms with van der Waals surface area (Å²) in [6.07, 6.45) is 1.54. The first kappa shape index (κ1) is 25.0. The van der Waals surface area contributed by atoms with Crippen molar-refractivity contribution in [1.82, 2.24) is 20.3 Å². The summed E-state index contributed by atoms with van der Waals surface area (Å²) in [6, 6.07) is 18.7. The Bertz CT molecular complexity index is 1530. The van der Waals surface area contributed by atoms with Crippen molar-refractivity contribution in [3.8, 4) is 11.5 Å². The number of rotatable bonds is 10. The first-order valence-corrected chi connectivity index (χ1v) is 12.6. The average Bonchev–Trinajstić information content (AvgIpc) is 3.73. The fraction of sp³-hybridized carbons (Fsp3) is 0.185. The molecule has 3 aromatic heterocycles. The normalized spacial score (nSPS) is 11.7. The monoisotopic (exact) mass is 531 g/mol. The van der Waals surface area contributed by atoms with Gasteiger partial charge in [-0.1, -0.05) is 23.4 Å². The van der Waals surface area contributed by atoms with E-state index >= 15 is 0 Å². The molecule has 0 saturated heterocycles. The van der Waals surface area contributed by atoms with Crippen LogP contribution >= 0.6 is 11.3 Å². The Kier molecular flexibility index (Phi) is 7.36. The lowest BCUT2D eigenvalue weighted by Crippen LogP contribution is -2.45. The van der Waals surface area contributed by atoms with E-state index < -0.39 is 6.04 Å². The summed E-state index contributed by atoms with van der Waals surface area (Å²) >= 11 is 1.38. The number of furan rings is 1. The number of carbonyl (C=O) groups is 2. The van der Waals surface area contributed by atoms with E-state index in [4.69, 9.17) is 13.9 Å². The lowest BCUT2D eigenvalue weighted by molar-refractivity contribution is -0.127. The molecule has 1 atom stereocenters. The quantitative estimate of drug-likeness (QED) is 0.288. The summed E-state index contributed by atoms with van der Waals surface area (Å²) in [7, 11) is 3.05. The number of nitrogens with zero attached hydrogens (tertiary/aromatic N) is 4. The number of carbonyl (C=O) groups excluding carboxylic acids is 2. The smallest absolute Gasteiger partial charge is 0.249 e. The number of para-hydroxylation sites is 1. The maximum atomic E-state index is 14.1. The number of methoxy groups -OCH3 is 2. The highest BCUT2D eigenvalue weighted by Crippen LogP contribution is 2.36. The van der Waals surface area contributed by atoms with Gasteiger partial charge in [0.2, 0.25) is 11.8 Å². The minimum atomic E-state index is -0.967. The van der Waals surface area contributed by atoms with Gasteiger partial charge in [-0.15, -0.1) is 16.4 Å². The molecule has 0 saturated carbocycles. The van der Waals surface area contributed by atoms with Gasteiger partial charge in [0.05, 0.1) is 32.5 Å². The van der Waals surface area contributed by atoms with Gasteiger partial charge in [0, 0.05) is 16.6 Å². The molecule has 5 rings (SSSR count). The highest BCUT2D eigenvalue weighted by Gasteiger charge is 2.34. The van der Waals surface area contributed by atoms with Crippen LogP contribution in [-0.2, 0) is 22.7 Å². The van der Waals surface area contributed by atoms with Crippen LogP contribution in [0.2, 0.25) is 0 Å². The van der Waals surface area contributed by atoms with E-state index in [1.54, 1.807) is 36.6 Å². The zero-order valence-corrected chi connectivity index (χ0v) is 21.6. The molecule has 0 bridgehead atoms. The lowest BCUT2D eigenvalue weighted by Gasteiger charge is -2.31. The fourth-order valence-electron chi connectivity index (χ4n) is 4.15. The topological polar surface area (TPSA) is 112 Å². The molecule has 2 amide bonds. The van der Waals surface area contributed by atoms with Crippen molar-refractivity contribution < 1.29 is 23.5 Å². The summed E-state index contributed by atoms with van der Waals surface area (Å²) in [4.78, 5) is 29.9. The van der Waals surface area contributed by atoms with Crippen molar-refractivity contribution in [1.29, 1.82) is 0 Å². The van der Waals surface area contributed by atoms with Crippen LogP contribution in [0.5, 0.6) is 11.5 Å². The van der Waals surface area contributed by atoms with Gasteiger partial charge in [-0.05, 0) is 47.8 Å². The van der Waals surface area contributed by atoms with Crippen LogP contribution in [0.15, 0.2) is 82.8 Å². The van der Waals surface area contributed by atoms with Gasteiger partial charge in [-0.2, -0.15) is 0 Å². The molecule has 0 spiro atoms. The van der Waals surface area contributed by atoms with E-state index in [9.17, 15) is 9.59 Å². The predicted molar refractivity (Wildman–Crippen MR) is 142 cm³/mol. The third-order valence-electron chi connectivity index (χ3n) is 5.96. The Labute approximate surface area is 222 Å². The Balaban J connectivity index is 1.56. The summed E-state index contributed by atoms with van der Waals surface area (Å²) in [5.74, 6) is 0.798. The summed E-state index contributed by atoms with van der Waals surface area (Å²) < 4.78 is 17.8. The van der Waals surface area contributed by atoms with Gasteiger partial charge in [0.15, 0.2) is 11.5 Å². The standard InChI is InChI=1S/C27H25N5O5S/c1-35-22-12-11-18(15-23(22)36-2)32(25(33)17-31-21-9-4-3-8-20(21)29-30-31)26(24-10-6-14-38-24)27(34)28-16-19-7-5-13-37-19/h3-15,26H,16-17H2,1-2H3,(H,28,34)/t26-/m1/s1. The van der Waals surface area contributed by atoms with Gasteiger partial charge >= 0.3 is 0 Å². The van der Waals surface area contributed by atoms with E-state index in [0.717, 1.165) is 0 Å². The van der Waals surface area contributed by atoms with Crippen LogP contribution in [0.3, 0.4) is 0 Å². The third kappa shape index (κ3) is 5.09. The number of ether oxygens (including phenoxy) is 2. The molecule has 11 heteroatoms. The van der Waals surface area contributed by atoms with Gasteiger partial charge < -0.3 is 19.2 Å². The summed E-state index contributed by atoms with van der Waals surface area (Å²) in [5, 5.41) is 13.1. The van der Waals surface area contributed by atoms with E-state index in [0.29, 0.717) is 38.9 Å². The van der Waals surface area contributed by atoms with E-state index in [2.05, 4.69) is 15.6 Å². The van der Waals surface area contributed by atoms with Crippen LogP contribution in [0, 0.1) is 0 Å². The third-order valence-corrected chi connectivity index (χ3v) is 6.88. The number of anilines is 1. The molecule has 0 unspecified atom stereocenters. The van der Waals surface area contributed by atoms with Crippen LogP contribution < -0.4 is 19.7 Å². The zero-order valence-electron chi connectivity index (χ0n) is 20.7. The maximum Gasteiger partial charge on any atom is 0.249 e. The highest BCUT2D eigenvalue weighted by atomic mass is 32.1. The summed E-state index contributed by atoms with van der Waals surface area (Å²) in [6.45, 7) is 0.0393. The number of hydrogen-bond acceptors (Lipinski definition) is 8. The number of thiophene rings is 1. The van der Waals surface area contributed by atoms with E-state index in [1.807, 2.05) is 41.8 Å². The van der Waals surface area contributed by atoms with Crippen LogP contribution in [-0.4, -0.2) is 41.0 Å². The first-order valence-electron chi connectivity index (χ1n) is 11.7. The molecule has 38 heavy (non-hydrogen) atoms. The van der Waals surface area contributed by atoms with Crippen molar-refractivity contribution in [3.05, 3.63) is 89.0 Å². The Morgan fingerprint density at radius 1 is 1.05 bits per heavy atom. The number of amides is 2. The zero-order chi connectivity index (χ0) is 26.5. The van der Waals surface area contributed by atoms with Crippen molar-refractivity contribution in [2.24, 2.45) is 0 Å². The number of fused-ring (bicyclic) bond motifs is 1. The molecule has 5 aromatic rings. The molecule has 0 radical (unpaired) electrons. The van der Waals surface area contributed by atoms with Crippen molar-refractivity contribution in [2.75, 3.05) is 19.1 Å². The molecule has 0 aliphatic heterocycles. The van der Waals surface area contributed by atoms with Crippen LogP contribution in [0.4, 0.5) is 5.69 Å². The van der Waals surface area contributed by atoms with Crippen molar-refractivity contribution >= 4 is 39.9 Å². The van der Waals surface area contributed by atoms with Crippen LogP contribution in [0.1, 0.15) is 16.7 Å². The van der Waals surface area contributed by atoms with Gasteiger partial charge in [-0.3, -0.25) is 14.5 Å². The van der Waals surface area contributed by atoms with Gasteiger partial charge in [-0.25, -0.2) is 4.68 Å². The predicted octanol–water partition coefficient (Wildman–Crippen LogP) is 4.19. The Morgan fingerprint density at radius 3 is 2.63 bits per heavy atom. The number of hydrogen-bond donors (Lipinski definition) is 1. The van der Waals surface area contributed by atoms with Crippen LogP contribution in [0.25, 0.3) is 11.0 Å². The van der Waals surface area contributed by atoms with E-state index in [1.165, 1.54) is 35.1 Å². The molecule has 0 fully saturated rings. The molecule has 3 heterocycles. The highest BCUT2D eigenvalue weighted by molar-refractivity contribution is 7.10. The SMILES string of the molecule is COc1ccc(N(C(=O)Cn2nnc3ccccc32)[C@@H](C(=O)NCc2ccco2)c2cccs2)cc1OC. The minimum Gasteiger partial charge on any atom is -0.493 e. The molecule has 0 aliphatic rings. The number of benzene rings is 2. The second-order valence-corrected chi connectivity index (χ2v) is 9.23. The lowest BCUT2D eigenvalue weighted by atomic mass is 10.1. The average molecular weight is 532 g/mol. The first-order chi connectivity index (χ1) is 18.6. The fourth-order valence-corrected chi connectivity index (χ4v) is 4.97. The maximum absolute atomic E-state index is 14.1. The van der Waals surface area contributed by atoms with E-state index in [-0.39, 0.29) is 24.9 Å². The molecular formula is C27H25N5O5S. The van der Waals surface area contributed by atoms with Crippen molar-refractivity contribution in [2.45, 2.75) is 19.1 Å². The number of nitrogens with one attached hydrogen (secondary N) is 1. The van der Waals surface area contributed by atoms with Gasteiger partial charge in [0.1, 0.15) is 23.9 Å². The Morgan fingerprint density at radius 2 is 1.89 bits per heavy atom. The molecular weight excluding hydrogens is 506 g/mol.